The summed E-state index contributed by atoms with van der Waals surface area (Å²) < 4.78 is 3.56. The summed E-state index contributed by atoms with van der Waals surface area (Å²) in [5, 5.41) is 23.5. The average molecular weight is 412 g/mol. The van der Waals surface area contributed by atoms with Gasteiger partial charge in [-0.3, -0.25) is 24.3 Å². The first-order chi connectivity index (χ1) is 14.4. The fraction of sp³-hybridized carbons (Fsp3) is 0.667. The van der Waals surface area contributed by atoms with E-state index in [9.17, 15) is 14.9 Å². The second-order valence-electron chi connectivity index (χ2n) is 9.50. The number of nitrogens with one attached hydrogen (secondary N) is 1. The molecule has 30 heavy (non-hydrogen) atoms. The number of nitro groups is 1. The monoisotopic (exact) mass is 412 g/mol. The number of aryl methyl sites for hydroxylation is 1. The van der Waals surface area contributed by atoms with E-state index in [2.05, 4.69) is 15.5 Å². The molecule has 6 rings (SSSR count). The average Bonchev–Trinajstić information content (AvgIpc) is 3.35. The second kappa shape index (κ2) is 6.92. The number of carbonyl (C=O) groups excluding carboxylic acids is 1. The van der Waals surface area contributed by atoms with Crippen LogP contribution in [0, 0.1) is 27.9 Å². The largest absolute Gasteiger partial charge is 0.342 e. The van der Waals surface area contributed by atoms with Gasteiger partial charge in [0.15, 0.2) is 0 Å². The number of hydrogen-bond acceptors (Lipinski definition) is 5. The predicted octanol–water partition coefficient (Wildman–Crippen LogP) is 3.42. The topological polar surface area (TPSA) is 108 Å². The van der Waals surface area contributed by atoms with Crippen molar-refractivity contribution in [1.82, 2.24) is 24.9 Å². The van der Waals surface area contributed by atoms with Gasteiger partial charge in [0.2, 0.25) is 5.69 Å². The summed E-state index contributed by atoms with van der Waals surface area (Å²) in [6.45, 7) is 4.55. The molecule has 1 atom stereocenters. The van der Waals surface area contributed by atoms with Crippen molar-refractivity contribution in [1.29, 1.82) is 0 Å². The lowest BCUT2D eigenvalue weighted by Crippen LogP contribution is -2.52. The highest BCUT2D eigenvalue weighted by Gasteiger charge is 2.53. The summed E-state index contributed by atoms with van der Waals surface area (Å²) in [6.07, 6.45) is 10.2. The molecule has 160 valence electrons. The minimum atomic E-state index is -0.524. The van der Waals surface area contributed by atoms with Crippen LogP contribution in [0.25, 0.3) is 0 Å². The van der Waals surface area contributed by atoms with E-state index in [4.69, 9.17) is 0 Å². The minimum absolute atomic E-state index is 0.0995. The first kappa shape index (κ1) is 19.3. The Morgan fingerprint density at radius 2 is 1.90 bits per heavy atom. The molecule has 0 radical (unpaired) electrons. The fourth-order valence-electron chi connectivity index (χ4n) is 6.37. The molecular weight excluding hydrogens is 384 g/mol. The van der Waals surface area contributed by atoms with Crippen molar-refractivity contribution in [2.24, 2.45) is 17.8 Å². The molecule has 4 saturated carbocycles. The molecule has 1 amide bonds. The summed E-state index contributed by atoms with van der Waals surface area (Å²) in [6, 6.07) is 1.48. The van der Waals surface area contributed by atoms with Gasteiger partial charge in [-0.05, 0) is 76.2 Å². The number of amides is 1. The van der Waals surface area contributed by atoms with Crippen LogP contribution in [-0.2, 0) is 12.1 Å². The number of nitrogens with zero attached hydrogens (tertiary/aromatic N) is 5. The Kier molecular flexibility index (Phi) is 4.44. The van der Waals surface area contributed by atoms with Gasteiger partial charge in [-0.1, -0.05) is 0 Å². The van der Waals surface area contributed by atoms with Crippen molar-refractivity contribution in [3.8, 4) is 0 Å². The van der Waals surface area contributed by atoms with E-state index in [1.807, 2.05) is 26.1 Å². The van der Waals surface area contributed by atoms with E-state index < -0.39 is 10.8 Å². The van der Waals surface area contributed by atoms with E-state index >= 15 is 0 Å². The van der Waals surface area contributed by atoms with E-state index in [0.717, 1.165) is 25.8 Å². The maximum absolute atomic E-state index is 12.9. The molecule has 1 N–H and O–H groups in total. The summed E-state index contributed by atoms with van der Waals surface area (Å²) >= 11 is 0. The molecule has 4 aliphatic carbocycles. The van der Waals surface area contributed by atoms with Crippen LogP contribution in [0.2, 0.25) is 0 Å². The lowest BCUT2D eigenvalue weighted by molar-refractivity contribution is -0.385. The summed E-state index contributed by atoms with van der Waals surface area (Å²) in [7, 11) is 0. The third-order valence-electron chi connectivity index (χ3n) is 7.38. The zero-order chi connectivity index (χ0) is 21.0. The summed E-state index contributed by atoms with van der Waals surface area (Å²) in [5.74, 6) is 1.53. The Balaban J connectivity index is 1.42. The zero-order valence-corrected chi connectivity index (χ0v) is 17.5. The highest BCUT2D eigenvalue weighted by atomic mass is 16.6. The van der Waals surface area contributed by atoms with Crippen LogP contribution in [0.4, 0.5) is 5.69 Å². The molecule has 0 aromatic carbocycles. The molecule has 0 aliphatic heterocycles. The normalized spacial score (nSPS) is 30.4. The van der Waals surface area contributed by atoms with Crippen LogP contribution in [-0.4, -0.2) is 30.4 Å². The molecule has 2 aromatic rings. The van der Waals surface area contributed by atoms with Crippen molar-refractivity contribution in [2.45, 2.75) is 70.5 Å². The number of hydrogen-bond donors (Lipinski definition) is 1. The van der Waals surface area contributed by atoms with Gasteiger partial charge < -0.3 is 5.32 Å². The molecule has 2 aromatic heterocycles. The zero-order valence-electron chi connectivity index (χ0n) is 17.5. The maximum atomic E-state index is 12.9. The van der Waals surface area contributed by atoms with E-state index in [1.165, 1.54) is 25.5 Å². The first-order valence-electron chi connectivity index (χ1n) is 11.0. The van der Waals surface area contributed by atoms with Crippen LogP contribution in [0.1, 0.15) is 74.6 Å². The van der Waals surface area contributed by atoms with Crippen molar-refractivity contribution < 1.29 is 9.72 Å². The van der Waals surface area contributed by atoms with Crippen LogP contribution in [0.5, 0.6) is 0 Å². The van der Waals surface area contributed by atoms with Gasteiger partial charge >= 0.3 is 5.69 Å². The van der Waals surface area contributed by atoms with Crippen molar-refractivity contribution in [3.05, 3.63) is 40.0 Å². The van der Waals surface area contributed by atoms with Gasteiger partial charge in [-0.25, -0.2) is 0 Å². The third-order valence-corrected chi connectivity index (χ3v) is 7.38. The van der Waals surface area contributed by atoms with Crippen molar-refractivity contribution in [2.75, 3.05) is 0 Å². The Morgan fingerprint density at radius 1 is 1.27 bits per heavy atom. The number of rotatable bonds is 6. The van der Waals surface area contributed by atoms with Crippen LogP contribution >= 0.6 is 0 Å². The fourth-order valence-corrected chi connectivity index (χ4v) is 6.37. The summed E-state index contributed by atoms with van der Waals surface area (Å²) in [4.78, 5) is 24.2. The van der Waals surface area contributed by atoms with Gasteiger partial charge in [0.05, 0.1) is 22.2 Å². The number of aromatic nitrogens is 4. The molecule has 9 nitrogen and oxygen atoms in total. The van der Waals surface area contributed by atoms with Gasteiger partial charge in [0.25, 0.3) is 5.91 Å². The molecule has 2 heterocycles. The van der Waals surface area contributed by atoms with E-state index in [-0.39, 0.29) is 23.0 Å². The van der Waals surface area contributed by atoms with Gasteiger partial charge in [-0.2, -0.15) is 10.2 Å². The van der Waals surface area contributed by atoms with Crippen LogP contribution < -0.4 is 5.32 Å². The van der Waals surface area contributed by atoms with Crippen molar-refractivity contribution >= 4 is 11.6 Å². The van der Waals surface area contributed by atoms with Crippen molar-refractivity contribution in [3.63, 3.8) is 0 Å². The molecule has 4 fully saturated rings. The molecule has 4 aliphatic rings. The Labute approximate surface area is 175 Å². The first-order valence-corrected chi connectivity index (χ1v) is 11.0. The van der Waals surface area contributed by atoms with Crippen LogP contribution in [0.15, 0.2) is 18.5 Å². The maximum Gasteiger partial charge on any atom is 0.320 e. The smallest absolute Gasteiger partial charge is 0.320 e. The molecule has 9 heteroatoms. The minimum Gasteiger partial charge on any atom is -0.342 e. The third kappa shape index (κ3) is 3.11. The lowest BCUT2D eigenvalue weighted by atomic mass is 9.53. The van der Waals surface area contributed by atoms with Gasteiger partial charge in [-0.15, -0.1) is 0 Å². The SMILES string of the molecule is CCn1ccc(C(C)NC(=O)c2nn(C34CC5CC(CC(C5)C3)C4)cc2[N+](=O)[O-])n1. The molecule has 0 spiro atoms. The quantitative estimate of drug-likeness (QED) is 0.578. The summed E-state index contributed by atoms with van der Waals surface area (Å²) in [5.41, 5.74) is 0.240. The van der Waals surface area contributed by atoms with Crippen LogP contribution in [0.3, 0.4) is 0 Å². The molecule has 1 unspecified atom stereocenters. The predicted molar refractivity (Wildman–Crippen MR) is 109 cm³/mol. The Bertz CT molecular complexity index is 957. The molecular formula is C21H28N6O3. The second-order valence-corrected chi connectivity index (χ2v) is 9.50. The van der Waals surface area contributed by atoms with E-state index in [1.54, 1.807) is 9.36 Å². The highest BCUT2D eigenvalue weighted by molar-refractivity contribution is 5.96. The molecule has 0 saturated heterocycles. The van der Waals surface area contributed by atoms with Gasteiger partial charge in [0.1, 0.15) is 6.20 Å². The molecule has 4 bridgehead atoms. The van der Waals surface area contributed by atoms with Gasteiger partial charge in [0, 0.05) is 12.7 Å². The van der Waals surface area contributed by atoms with E-state index in [0.29, 0.717) is 23.4 Å². The lowest BCUT2D eigenvalue weighted by Gasteiger charge is -2.56. The standard InChI is InChI=1S/C21H28N6O3/c1-3-25-5-4-17(23-25)13(2)22-20(28)19-18(27(29)30)12-26(24-19)21-9-14-6-15(10-21)8-16(7-14)11-21/h4-5,12-16H,3,6-11H2,1-2H3,(H,22,28). The Morgan fingerprint density at radius 3 is 2.43 bits per heavy atom. The Hall–Kier alpha value is -2.71. The highest BCUT2D eigenvalue weighted by Crippen LogP contribution is 2.58. The number of carbonyl (C=O) groups is 1.